The predicted molar refractivity (Wildman–Crippen MR) is 103 cm³/mol. The van der Waals surface area contributed by atoms with Crippen LogP contribution >= 0.6 is 0 Å². The summed E-state index contributed by atoms with van der Waals surface area (Å²) in [5.41, 5.74) is 1.72. The summed E-state index contributed by atoms with van der Waals surface area (Å²) >= 11 is 0. The van der Waals surface area contributed by atoms with Crippen LogP contribution in [0.1, 0.15) is 23.2 Å². The van der Waals surface area contributed by atoms with Gasteiger partial charge in [0.1, 0.15) is 5.39 Å². The number of carbonyl (C=O) groups is 1. The van der Waals surface area contributed by atoms with E-state index < -0.39 is 0 Å². The Morgan fingerprint density at radius 1 is 1.04 bits per heavy atom. The molecule has 0 N–H and O–H groups in total. The molecule has 1 saturated heterocycles. The third kappa shape index (κ3) is 3.38. The summed E-state index contributed by atoms with van der Waals surface area (Å²) in [6.07, 6.45) is 5.81. The second-order valence-electron chi connectivity index (χ2n) is 6.79. The van der Waals surface area contributed by atoms with Crippen LogP contribution in [0.2, 0.25) is 0 Å². The number of rotatable bonds is 5. The molecule has 1 aliphatic heterocycles. The van der Waals surface area contributed by atoms with E-state index in [1.165, 1.54) is 0 Å². The number of nitro benzene ring substituents is 1. The van der Waals surface area contributed by atoms with Crippen molar-refractivity contribution in [3.8, 4) is 0 Å². The Morgan fingerprint density at radius 3 is 2.48 bits per heavy atom. The van der Waals surface area contributed by atoms with E-state index in [2.05, 4.69) is 4.90 Å². The average Bonchev–Trinajstić information content (AvgIpc) is 3.22. The highest BCUT2D eigenvalue weighted by Gasteiger charge is 2.23. The molecule has 6 heteroatoms. The molecule has 27 heavy (non-hydrogen) atoms. The van der Waals surface area contributed by atoms with Gasteiger partial charge < -0.3 is 4.90 Å². The van der Waals surface area contributed by atoms with Gasteiger partial charge in [0.15, 0.2) is 12.4 Å². The number of hydrogen-bond acceptors (Lipinski definition) is 4. The number of non-ortho nitro benzene ring substituents is 1. The van der Waals surface area contributed by atoms with Crippen LogP contribution in [0.4, 0.5) is 11.4 Å². The van der Waals surface area contributed by atoms with Gasteiger partial charge in [-0.3, -0.25) is 14.9 Å². The van der Waals surface area contributed by atoms with E-state index in [0.29, 0.717) is 10.9 Å². The molecule has 0 aliphatic carbocycles. The summed E-state index contributed by atoms with van der Waals surface area (Å²) in [6, 6.07) is 14.4. The molecule has 1 aromatic heterocycles. The molecule has 0 unspecified atom stereocenters. The Kier molecular flexibility index (Phi) is 4.54. The van der Waals surface area contributed by atoms with E-state index in [9.17, 15) is 14.9 Å². The molecule has 2 heterocycles. The number of ketones is 1. The Labute approximate surface area is 156 Å². The van der Waals surface area contributed by atoms with E-state index in [4.69, 9.17) is 0 Å². The molecular weight excluding hydrogens is 342 g/mol. The Hall–Kier alpha value is -3.28. The molecule has 0 atom stereocenters. The van der Waals surface area contributed by atoms with Crippen LogP contribution in [-0.2, 0) is 6.54 Å². The van der Waals surface area contributed by atoms with Gasteiger partial charge in [-0.05, 0) is 18.9 Å². The standard InChI is InChI=1S/C21H20N3O3/c25-21(16-6-2-1-3-7-16)15-22-13-10-17-18(14-22)20(24(26)27)9-8-19(17)23-11-4-5-12-23/h1-3,6-10,13-14H,4-5,11-12,15H2/q+1. The van der Waals surface area contributed by atoms with Crippen molar-refractivity contribution >= 4 is 27.9 Å². The first kappa shape index (κ1) is 17.1. The van der Waals surface area contributed by atoms with Crippen LogP contribution in [0.25, 0.3) is 10.8 Å². The van der Waals surface area contributed by atoms with Crippen LogP contribution in [0.3, 0.4) is 0 Å². The summed E-state index contributed by atoms with van der Waals surface area (Å²) < 4.78 is 1.72. The number of benzene rings is 2. The summed E-state index contributed by atoms with van der Waals surface area (Å²) in [5, 5.41) is 12.9. The fourth-order valence-corrected chi connectivity index (χ4v) is 3.68. The van der Waals surface area contributed by atoms with E-state index in [1.807, 2.05) is 36.5 Å². The first-order chi connectivity index (χ1) is 13.1. The lowest BCUT2D eigenvalue weighted by molar-refractivity contribution is -0.681. The highest BCUT2D eigenvalue weighted by atomic mass is 16.6. The van der Waals surface area contributed by atoms with E-state index in [0.717, 1.165) is 37.0 Å². The number of aromatic nitrogens is 1. The predicted octanol–water partition coefficient (Wildman–Crippen LogP) is 3.52. The minimum atomic E-state index is -0.362. The fraction of sp³-hybridized carbons (Fsp3) is 0.238. The lowest BCUT2D eigenvalue weighted by Crippen LogP contribution is -2.37. The van der Waals surface area contributed by atoms with Crippen molar-refractivity contribution in [2.75, 3.05) is 18.0 Å². The van der Waals surface area contributed by atoms with E-state index >= 15 is 0 Å². The molecular formula is C21H20N3O3+. The third-order valence-electron chi connectivity index (χ3n) is 5.03. The minimum Gasteiger partial charge on any atom is -0.371 e. The van der Waals surface area contributed by atoms with Gasteiger partial charge in [-0.15, -0.1) is 0 Å². The highest BCUT2D eigenvalue weighted by Crippen LogP contribution is 2.34. The smallest absolute Gasteiger partial charge is 0.283 e. The number of carbonyl (C=O) groups excluding carboxylic acids is 1. The van der Waals surface area contributed by atoms with Crippen LogP contribution < -0.4 is 9.47 Å². The number of hydrogen-bond donors (Lipinski definition) is 0. The normalized spacial score (nSPS) is 13.9. The SMILES string of the molecule is O=C(C[n+]1ccc2c(N3CCCC3)ccc([N+](=O)[O-])c2c1)c1ccccc1. The second kappa shape index (κ2) is 7.15. The molecule has 0 radical (unpaired) electrons. The monoisotopic (exact) mass is 362 g/mol. The summed E-state index contributed by atoms with van der Waals surface area (Å²) in [5.74, 6) is -0.0294. The fourth-order valence-electron chi connectivity index (χ4n) is 3.68. The van der Waals surface area contributed by atoms with E-state index in [-0.39, 0.29) is 22.9 Å². The topological polar surface area (TPSA) is 67.3 Å². The van der Waals surface area contributed by atoms with Gasteiger partial charge in [0, 0.05) is 41.9 Å². The molecule has 0 saturated carbocycles. The quantitative estimate of drug-likeness (QED) is 0.301. The first-order valence-electron chi connectivity index (χ1n) is 9.07. The van der Waals surface area contributed by atoms with Crippen molar-refractivity contribution in [2.24, 2.45) is 0 Å². The summed E-state index contributed by atoms with van der Waals surface area (Å²) in [6.45, 7) is 2.08. The lowest BCUT2D eigenvalue weighted by atomic mass is 10.1. The number of fused-ring (bicyclic) bond motifs is 1. The van der Waals surface area contributed by atoms with Gasteiger partial charge in [0.2, 0.25) is 12.3 Å². The zero-order chi connectivity index (χ0) is 18.8. The van der Waals surface area contributed by atoms with Crippen molar-refractivity contribution in [3.05, 3.63) is 76.6 Å². The lowest BCUT2D eigenvalue weighted by Gasteiger charge is -2.19. The molecule has 3 aromatic rings. The summed E-state index contributed by atoms with van der Waals surface area (Å²) in [7, 11) is 0. The third-order valence-corrected chi connectivity index (χ3v) is 5.03. The molecule has 1 fully saturated rings. The van der Waals surface area contributed by atoms with Crippen molar-refractivity contribution in [2.45, 2.75) is 19.4 Å². The van der Waals surface area contributed by atoms with Crippen LogP contribution in [0, 0.1) is 10.1 Å². The van der Waals surface area contributed by atoms with Crippen LogP contribution in [-0.4, -0.2) is 23.8 Å². The van der Waals surface area contributed by atoms with E-state index in [1.54, 1.807) is 29.0 Å². The van der Waals surface area contributed by atoms with Gasteiger partial charge in [-0.1, -0.05) is 30.3 Å². The number of anilines is 1. The number of nitro groups is 1. The second-order valence-corrected chi connectivity index (χ2v) is 6.79. The van der Waals surface area contributed by atoms with Gasteiger partial charge in [-0.25, -0.2) is 0 Å². The molecule has 0 amide bonds. The number of pyridine rings is 1. The first-order valence-corrected chi connectivity index (χ1v) is 9.07. The molecule has 0 bridgehead atoms. The molecule has 0 spiro atoms. The van der Waals surface area contributed by atoms with Crippen molar-refractivity contribution < 1.29 is 14.3 Å². The zero-order valence-corrected chi connectivity index (χ0v) is 14.9. The molecule has 4 rings (SSSR count). The largest absolute Gasteiger partial charge is 0.371 e. The number of Topliss-reactive ketones (excluding diaryl/α,β-unsaturated/α-hetero) is 1. The Bertz CT molecular complexity index is 1010. The Balaban J connectivity index is 1.74. The average molecular weight is 362 g/mol. The number of nitrogens with zero attached hydrogens (tertiary/aromatic N) is 3. The van der Waals surface area contributed by atoms with Crippen LogP contribution in [0.5, 0.6) is 0 Å². The van der Waals surface area contributed by atoms with Crippen molar-refractivity contribution in [1.82, 2.24) is 0 Å². The maximum absolute atomic E-state index is 12.5. The molecule has 1 aliphatic rings. The van der Waals surface area contributed by atoms with Gasteiger partial charge in [0.05, 0.1) is 4.92 Å². The maximum atomic E-state index is 12.5. The summed E-state index contributed by atoms with van der Waals surface area (Å²) in [4.78, 5) is 25.9. The van der Waals surface area contributed by atoms with Crippen LogP contribution in [0.15, 0.2) is 60.9 Å². The maximum Gasteiger partial charge on any atom is 0.283 e. The molecule has 6 nitrogen and oxygen atoms in total. The minimum absolute atomic E-state index is 0.0294. The molecule has 2 aromatic carbocycles. The Morgan fingerprint density at radius 2 is 1.78 bits per heavy atom. The highest BCUT2D eigenvalue weighted by molar-refractivity contribution is 5.99. The van der Waals surface area contributed by atoms with Gasteiger partial charge in [-0.2, -0.15) is 4.57 Å². The van der Waals surface area contributed by atoms with Crippen molar-refractivity contribution in [3.63, 3.8) is 0 Å². The zero-order valence-electron chi connectivity index (χ0n) is 14.9. The van der Waals surface area contributed by atoms with Crippen molar-refractivity contribution in [1.29, 1.82) is 0 Å². The van der Waals surface area contributed by atoms with Gasteiger partial charge >= 0.3 is 0 Å². The molecule has 136 valence electrons. The van der Waals surface area contributed by atoms with Gasteiger partial charge in [0.25, 0.3) is 5.69 Å².